The van der Waals surface area contributed by atoms with Gasteiger partial charge in [-0.3, -0.25) is 9.59 Å². The lowest BCUT2D eigenvalue weighted by atomic mass is 9.98. The standard InChI is InChI=1S/C15H20N2O4/c1-8-11(10(3)18)9(2)16-12(8)13(19)17-7-5-6-15(17,4)14(20)21/h16H,5-7H2,1-4H3,(H,20,21). The van der Waals surface area contributed by atoms with Crippen LogP contribution in [0.5, 0.6) is 0 Å². The maximum absolute atomic E-state index is 12.7. The van der Waals surface area contributed by atoms with E-state index in [0.717, 1.165) is 0 Å². The molecule has 1 unspecified atom stereocenters. The number of aliphatic carboxylic acids is 1. The zero-order valence-corrected chi connectivity index (χ0v) is 12.7. The predicted molar refractivity (Wildman–Crippen MR) is 76.6 cm³/mol. The zero-order chi connectivity index (χ0) is 15.9. The number of carbonyl (C=O) groups excluding carboxylic acids is 2. The third-order valence-electron chi connectivity index (χ3n) is 4.35. The third-order valence-corrected chi connectivity index (χ3v) is 4.35. The molecule has 6 heteroatoms. The van der Waals surface area contributed by atoms with Crippen molar-refractivity contribution in [2.24, 2.45) is 0 Å². The summed E-state index contributed by atoms with van der Waals surface area (Å²) >= 11 is 0. The molecule has 1 aromatic rings. The van der Waals surface area contributed by atoms with Gasteiger partial charge >= 0.3 is 5.97 Å². The Morgan fingerprint density at radius 2 is 1.90 bits per heavy atom. The Morgan fingerprint density at radius 3 is 2.38 bits per heavy atom. The molecule has 6 nitrogen and oxygen atoms in total. The number of Topliss-reactive ketones (excluding diaryl/α,β-unsaturated/α-hetero) is 1. The summed E-state index contributed by atoms with van der Waals surface area (Å²) in [4.78, 5) is 40.1. The summed E-state index contributed by atoms with van der Waals surface area (Å²) < 4.78 is 0. The molecule has 0 aromatic carbocycles. The molecule has 114 valence electrons. The van der Waals surface area contributed by atoms with Gasteiger partial charge < -0.3 is 15.0 Å². The van der Waals surface area contributed by atoms with Gasteiger partial charge in [-0.15, -0.1) is 0 Å². The summed E-state index contributed by atoms with van der Waals surface area (Å²) in [6.45, 7) is 6.88. The number of aromatic amines is 1. The number of rotatable bonds is 3. The first kappa shape index (κ1) is 15.3. The number of nitrogens with zero attached hydrogens (tertiary/aromatic N) is 1. The fourth-order valence-corrected chi connectivity index (χ4v) is 3.14. The summed E-state index contributed by atoms with van der Waals surface area (Å²) in [5.74, 6) is -1.46. The number of ketones is 1. The lowest BCUT2D eigenvalue weighted by Gasteiger charge is -2.31. The number of carboxylic acid groups (broad SMARTS) is 1. The van der Waals surface area contributed by atoms with Crippen LogP contribution < -0.4 is 0 Å². The highest BCUT2D eigenvalue weighted by Crippen LogP contribution is 2.32. The Labute approximate surface area is 123 Å². The van der Waals surface area contributed by atoms with Gasteiger partial charge in [-0.2, -0.15) is 0 Å². The van der Waals surface area contributed by atoms with E-state index in [0.29, 0.717) is 41.9 Å². The molecule has 2 rings (SSSR count). The summed E-state index contributed by atoms with van der Waals surface area (Å²) in [6, 6.07) is 0. The average Bonchev–Trinajstić information content (AvgIpc) is 2.90. The Morgan fingerprint density at radius 1 is 1.29 bits per heavy atom. The number of H-pyrrole nitrogens is 1. The number of amides is 1. The molecular weight excluding hydrogens is 272 g/mol. The molecule has 0 spiro atoms. The summed E-state index contributed by atoms with van der Waals surface area (Å²) in [5, 5.41) is 9.40. The van der Waals surface area contributed by atoms with E-state index < -0.39 is 11.5 Å². The topological polar surface area (TPSA) is 90.5 Å². The fraction of sp³-hybridized carbons (Fsp3) is 0.533. The van der Waals surface area contributed by atoms with Crippen LogP contribution in [0, 0.1) is 13.8 Å². The average molecular weight is 292 g/mol. The Kier molecular flexibility index (Phi) is 3.65. The van der Waals surface area contributed by atoms with E-state index in [1.54, 1.807) is 20.8 Å². The minimum atomic E-state index is -1.18. The number of aromatic nitrogens is 1. The first-order valence-electron chi connectivity index (χ1n) is 6.95. The minimum absolute atomic E-state index is 0.109. The second-order valence-electron chi connectivity index (χ2n) is 5.82. The lowest BCUT2D eigenvalue weighted by Crippen LogP contribution is -2.51. The monoisotopic (exact) mass is 292 g/mol. The summed E-state index contributed by atoms with van der Waals surface area (Å²) in [5.41, 5.74) is 0.865. The van der Waals surface area contributed by atoms with Gasteiger partial charge in [0.05, 0.1) is 0 Å². The van der Waals surface area contributed by atoms with Crippen molar-refractivity contribution in [3.63, 3.8) is 0 Å². The van der Waals surface area contributed by atoms with Crippen molar-refractivity contribution in [2.45, 2.75) is 46.1 Å². The van der Waals surface area contributed by atoms with Crippen LogP contribution >= 0.6 is 0 Å². The fourth-order valence-electron chi connectivity index (χ4n) is 3.14. The molecule has 1 atom stereocenters. The maximum atomic E-state index is 12.7. The van der Waals surface area contributed by atoms with E-state index in [4.69, 9.17) is 0 Å². The van der Waals surface area contributed by atoms with Gasteiger partial charge in [0.1, 0.15) is 11.2 Å². The van der Waals surface area contributed by atoms with Crippen molar-refractivity contribution in [2.75, 3.05) is 6.54 Å². The maximum Gasteiger partial charge on any atom is 0.329 e. The van der Waals surface area contributed by atoms with Gasteiger partial charge in [-0.05, 0) is 46.1 Å². The first-order valence-corrected chi connectivity index (χ1v) is 6.95. The Balaban J connectivity index is 2.44. The predicted octanol–water partition coefficient (Wildman–Crippen LogP) is 1.91. The number of aryl methyl sites for hydroxylation is 1. The molecule has 2 heterocycles. The second kappa shape index (κ2) is 5.02. The van der Waals surface area contributed by atoms with Gasteiger partial charge in [-0.25, -0.2) is 4.79 Å². The van der Waals surface area contributed by atoms with Gasteiger partial charge in [0.15, 0.2) is 5.78 Å². The lowest BCUT2D eigenvalue weighted by molar-refractivity contribution is -0.147. The van der Waals surface area contributed by atoms with Crippen LogP contribution in [0.4, 0.5) is 0 Å². The highest BCUT2D eigenvalue weighted by atomic mass is 16.4. The molecule has 0 saturated carbocycles. The van der Waals surface area contributed by atoms with Crippen molar-refractivity contribution < 1.29 is 19.5 Å². The number of hydrogen-bond donors (Lipinski definition) is 2. The van der Waals surface area contributed by atoms with Crippen molar-refractivity contribution in [3.8, 4) is 0 Å². The first-order chi connectivity index (χ1) is 9.70. The second-order valence-corrected chi connectivity index (χ2v) is 5.82. The smallest absolute Gasteiger partial charge is 0.329 e. The van der Waals surface area contributed by atoms with Crippen LogP contribution in [0.1, 0.15) is 58.8 Å². The largest absolute Gasteiger partial charge is 0.480 e. The van der Waals surface area contributed by atoms with E-state index in [-0.39, 0.29) is 11.7 Å². The van der Waals surface area contributed by atoms with Crippen molar-refractivity contribution in [3.05, 3.63) is 22.5 Å². The van der Waals surface area contributed by atoms with E-state index in [1.165, 1.54) is 11.8 Å². The van der Waals surface area contributed by atoms with Crippen LogP contribution in [0.15, 0.2) is 0 Å². The van der Waals surface area contributed by atoms with Crippen molar-refractivity contribution >= 4 is 17.7 Å². The van der Waals surface area contributed by atoms with E-state index in [2.05, 4.69) is 4.98 Å². The number of hydrogen-bond acceptors (Lipinski definition) is 3. The van der Waals surface area contributed by atoms with Gasteiger partial charge in [0.2, 0.25) is 0 Å². The summed E-state index contributed by atoms with van der Waals surface area (Å²) in [6.07, 6.45) is 1.10. The Bertz CT molecular complexity index is 632. The van der Waals surface area contributed by atoms with Crippen molar-refractivity contribution in [1.82, 2.24) is 9.88 Å². The molecule has 21 heavy (non-hydrogen) atoms. The molecule has 1 aromatic heterocycles. The van der Waals surface area contributed by atoms with Crippen LogP contribution in [0.25, 0.3) is 0 Å². The number of nitrogens with one attached hydrogen (secondary N) is 1. The molecule has 0 radical (unpaired) electrons. The summed E-state index contributed by atoms with van der Waals surface area (Å²) in [7, 11) is 0. The van der Waals surface area contributed by atoms with Crippen molar-refractivity contribution in [1.29, 1.82) is 0 Å². The highest BCUT2D eigenvalue weighted by Gasteiger charge is 2.46. The molecule has 2 N–H and O–H groups in total. The van der Waals surface area contributed by atoms with E-state index in [9.17, 15) is 19.5 Å². The quantitative estimate of drug-likeness (QED) is 0.833. The number of carboxylic acids is 1. The third kappa shape index (κ3) is 2.24. The molecule has 1 aliphatic heterocycles. The normalized spacial score (nSPS) is 21.6. The molecule has 1 aliphatic rings. The van der Waals surface area contributed by atoms with Crippen LogP contribution in [-0.2, 0) is 4.79 Å². The van der Waals surface area contributed by atoms with Crippen LogP contribution in [0.2, 0.25) is 0 Å². The van der Waals surface area contributed by atoms with Gasteiger partial charge in [0, 0.05) is 17.8 Å². The van der Waals surface area contributed by atoms with E-state index in [1.807, 2.05) is 0 Å². The molecule has 1 fully saturated rings. The number of likely N-dealkylation sites (tertiary alicyclic amines) is 1. The zero-order valence-electron chi connectivity index (χ0n) is 12.7. The molecular formula is C15H20N2O4. The Hall–Kier alpha value is -2.11. The minimum Gasteiger partial charge on any atom is -0.480 e. The molecule has 0 bridgehead atoms. The van der Waals surface area contributed by atoms with Crippen LogP contribution in [0.3, 0.4) is 0 Å². The van der Waals surface area contributed by atoms with E-state index >= 15 is 0 Å². The number of carbonyl (C=O) groups is 3. The highest BCUT2D eigenvalue weighted by molar-refractivity contribution is 6.03. The SMILES string of the molecule is CC(=O)c1c(C)[nH]c(C(=O)N2CCCC2(C)C(=O)O)c1C. The van der Waals surface area contributed by atoms with Gasteiger partial charge in [0.25, 0.3) is 5.91 Å². The molecule has 0 aliphatic carbocycles. The molecule has 1 saturated heterocycles. The van der Waals surface area contributed by atoms with Crippen LogP contribution in [-0.4, -0.2) is 44.7 Å². The molecule has 1 amide bonds. The van der Waals surface area contributed by atoms with Gasteiger partial charge in [-0.1, -0.05) is 0 Å².